The van der Waals surface area contributed by atoms with Crippen LogP contribution < -0.4 is 15.8 Å². The molecule has 1 amide bonds. The van der Waals surface area contributed by atoms with Crippen LogP contribution in [0.25, 0.3) is 0 Å². The molecule has 2 aromatic rings. The van der Waals surface area contributed by atoms with Crippen LogP contribution in [0, 0.1) is 0 Å². The van der Waals surface area contributed by atoms with Gasteiger partial charge in [0.15, 0.2) is 0 Å². The van der Waals surface area contributed by atoms with Crippen LogP contribution in [0.5, 0.6) is 5.75 Å². The third-order valence-corrected chi connectivity index (χ3v) is 3.91. The van der Waals surface area contributed by atoms with Gasteiger partial charge in [0.25, 0.3) is 5.91 Å². The number of halogens is 3. The minimum absolute atomic E-state index is 0.0509. The number of anilines is 1. The Morgan fingerprint density at radius 3 is 2.79 bits per heavy atom. The summed E-state index contributed by atoms with van der Waals surface area (Å²) in [4.78, 5) is 16.3. The molecule has 0 saturated carbocycles. The highest BCUT2D eigenvalue weighted by molar-refractivity contribution is 7.09. The van der Waals surface area contributed by atoms with Crippen molar-refractivity contribution in [1.82, 2.24) is 4.98 Å². The summed E-state index contributed by atoms with van der Waals surface area (Å²) in [5.41, 5.74) is 4.63. The molecule has 0 aliphatic heterocycles. The molecule has 0 aliphatic carbocycles. The number of aromatic nitrogens is 1. The number of ether oxygens (including phenoxy) is 1. The van der Waals surface area contributed by atoms with Gasteiger partial charge in [0.1, 0.15) is 11.4 Å². The molecule has 0 fully saturated rings. The van der Waals surface area contributed by atoms with Crippen LogP contribution >= 0.6 is 11.3 Å². The second kappa shape index (κ2) is 7.63. The van der Waals surface area contributed by atoms with Gasteiger partial charge < -0.3 is 15.8 Å². The molecule has 0 radical (unpaired) electrons. The van der Waals surface area contributed by atoms with Gasteiger partial charge >= 0.3 is 6.18 Å². The first-order chi connectivity index (χ1) is 11.3. The van der Waals surface area contributed by atoms with E-state index in [2.05, 4.69) is 10.3 Å². The summed E-state index contributed by atoms with van der Waals surface area (Å²) < 4.78 is 43.8. The highest BCUT2D eigenvalue weighted by Crippen LogP contribution is 2.35. The zero-order valence-electron chi connectivity index (χ0n) is 12.8. The fourth-order valence-electron chi connectivity index (χ4n) is 1.93. The Kier molecular flexibility index (Phi) is 5.79. The Labute approximate surface area is 140 Å². The second-order valence-corrected chi connectivity index (χ2v) is 5.70. The van der Waals surface area contributed by atoms with Gasteiger partial charge in [-0.15, -0.1) is 11.3 Å². The van der Waals surface area contributed by atoms with Gasteiger partial charge in [0, 0.05) is 11.8 Å². The van der Waals surface area contributed by atoms with E-state index in [1.807, 2.05) is 0 Å². The fraction of sp³-hybridized carbons (Fsp3) is 0.333. The Morgan fingerprint density at radius 1 is 1.42 bits per heavy atom. The topological polar surface area (TPSA) is 77.2 Å². The number of carbonyl (C=O) groups is 1. The van der Waals surface area contributed by atoms with Crippen molar-refractivity contribution in [3.8, 4) is 5.75 Å². The van der Waals surface area contributed by atoms with Crippen LogP contribution in [0.2, 0.25) is 0 Å². The van der Waals surface area contributed by atoms with Gasteiger partial charge in [0.05, 0.1) is 22.9 Å². The van der Waals surface area contributed by atoms with Crippen LogP contribution in [0.4, 0.5) is 18.9 Å². The van der Waals surface area contributed by atoms with E-state index in [0.717, 1.165) is 12.1 Å². The highest BCUT2D eigenvalue weighted by Gasteiger charge is 2.31. The molecule has 1 aromatic heterocycles. The molecule has 9 heteroatoms. The summed E-state index contributed by atoms with van der Waals surface area (Å²) in [7, 11) is 0. The van der Waals surface area contributed by atoms with Gasteiger partial charge in [-0.05, 0) is 31.7 Å². The van der Waals surface area contributed by atoms with Gasteiger partial charge in [0.2, 0.25) is 0 Å². The minimum Gasteiger partial charge on any atom is -0.492 e. The van der Waals surface area contributed by atoms with E-state index in [1.165, 1.54) is 22.8 Å². The molecule has 130 valence electrons. The van der Waals surface area contributed by atoms with Crippen molar-refractivity contribution in [2.45, 2.75) is 19.5 Å². The maximum Gasteiger partial charge on any atom is 0.416 e. The van der Waals surface area contributed by atoms with E-state index in [0.29, 0.717) is 18.0 Å². The van der Waals surface area contributed by atoms with E-state index in [1.54, 1.807) is 6.92 Å². The molecular weight excluding hydrogens is 343 g/mol. The van der Waals surface area contributed by atoms with E-state index in [9.17, 15) is 18.0 Å². The SMILES string of the molecule is CCOc1ccc(C(F)(F)F)cc1NC(=O)c1csc(CCN)n1. The number of nitrogens with zero attached hydrogens (tertiary/aromatic N) is 1. The summed E-state index contributed by atoms with van der Waals surface area (Å²) in [6.45, 7) is 2.35. The van der Waals surface area contributed by atoms with Crippen LogP contribution in [0.1, 0.15) is 28.0 Å². The van der Waals surface area contributed by atoms with Crippen LogP contribution in [0.3, 0.4) is 0 Å². The van der Waals surface area contributed by atoms with Crippen molar-refractivity contribution >= 4 is 22.9 Å². The first kappa shape index (κ1) is 18.2. The third-order valence-electron chi connectivity index (χ3n) is 3.00. The van der Waals surface area contributed by atoms with E-state index in [-0.39, 0.29) is 23.7 Å². The quantitative estimate of drug-likeness (QED) is 0.830. The summed E-state index contributed by atoms with van der Waals surface area (Å²) in [5.74, 6) is -0.439. The summed E-state index contributed by atoms with van der Waals surface area (Å²) in [5, 5.41) is 4.66. The first-order valence-corrected chi connectivity index (χ1v) is 8.03. The fourth-order valence-corrected chi connectivity index (χ4v) is 2.72. The molecule has 5 nitrogen and oxygen atoms in total. The van der Waals surface area contributed by atoms with Crippen molar-refractivity contribution in [2.75, 3.05) is 18.5 Å². The molecule has 2 rings (SSSR count). The van der Waals surface area contributed by atoms with Crippen molar-refractivity contribution in [3.63, 3.8) is 0 Å². The Bertz CT molecular complexity index is 716. The molecule has 0 saturated heterocycles. The minimum atomic E-state index is -4.51. The van der Waals surface area contributed by atoms with Gasteiger partial charge in [-0.1, -0.05) is 0 Å². The number of nitrogens with two attached hydrogens (primary N) is 1. The average Bonchev–Trinajstić information content (AvgIpc) is 2.97. The average molecular weight is 359 g/mol. The Hall–Kier alpha value is -2.13. The van der Waals surface area contributed by atoms with Crippen molar-refractivity contribution in [2.24, 2.45) is 5.73 Å². The standard InChI is InChI=1S/C15H16F3N3O2S/c1-2-23-12-4-3-9(15(16,17)18)7-10(12)21-14(22)11-8-24-13(20-11)5-6-19/h3-4,7-8H,2,5-6,19H2,1H3,(H,21,22). The van der Waals surface area contributed by atoms with E-state index >= 15 is 0 Å². The number of benzene rings is 1. The summed E-state index contributed by atoms with van der Waals surface area (Å²) in [6.07, 6.45) is -3.98. The second-order valence-electron chi connectivity index (χ2n) is 4.76. The van der Waals surface area contributed by atoms with Crippen LogP contribution in [0.15, 0.2) is 23.6 Å². The van der Waals surface area contributed by atoms with Crippen molar-refractivity contribution in [1.29, 1.82) is 0 Å². The number of hydrogen-bond acceptors (Lipinski definition) is 5. The highest BCUT2D eigenvalue weighted by atomic mass is 32.1. The number of rotatable bonds is 6. The third kappa shape index (κ3) is 4.45. The molecule has 0 spiro atoms. The van der Waals surface area contributed by atoms with Gasteiger partial charge in [-0.25, -0.2) is 4.98 Å². The number of nitrogens with one attached hydrogen (secondary N) is 1. The lowest BCUT2D eigenvalue weighted by Gasteiger charge is -2.14. The molecular formula is C15H16F3N3O2S. The summed E-state index contributed by atoms with van der Waals surface area (Å²) >= 11 is 1.27. The molecule has 1 aromatic carbocycles. The molecule has 0 unspecified atom stereocenters. The molecule has 3 N–H and O–H groups in total. The maximum atomic E-state index is 12.9. The monoisotopic (exact) mass is 359 g/mol. The number of hydrogen-bond donors (Lipinski definition) is 2. The predicted molar refractivity (Wildman–Crippen MR) is 85.4 cm³/mol. The number of alkyl halides is 3. The lowest BCUT2D eigenvalue weighted by Crippen LogP contribution is -2.15. The predicted octanol–water partition coefficient (Wildman–Crippen LogP) is 3.31. The zero-order chi connectivity index (χ0) is 17.7. The maximum absolute atomic E-state index is 12.9. The van der Waals surface area contributed by atoms with Crippen LogP contribution in [-0.2, 0) is 12.6 Å². The summed E-state index contributed by atoms with van der Waals surface area (Å²) in [6, 6.07) is 2.93. The van der Waals surface area contributed by atoms with Crippen LogP contribution in [-0.4, -0.2) is 24.0 Å². The molecule has 0 aliphatic rings. The van der Waals surface area contributed by atoms with Crippen molar-refractivity contribution < 1.29 is 22.7 Å². The lowest BCUT2D eigenvalue weighted by molar-refractivity contribution is -0.137. The molecule has 1 heterocycles. The van der Waals surface area contributed by atoms with Gasteiger partial charge in [-0.2, -0.15) is 13.2 Å². The normalized spacial score (nSPS) is 11.4. The largest absolute Gasteiger partial charge is 0.492 e. The first-order valence-electron chi connectivity index (χ1n) is 7.15. The molecule has 0 bridgehead atoms. The molecule has 24 heavy (non-hydrogen) atoms. The van der Waals surface area contributed by atoms with E-state index in [4.69, 9.17) is 10.5 Å². The number of amides is 1. The molecule has 0 atom stereocenters. The van der Waals surface area contributed by atoms with E-state index < -0.39 is 17.6 Å². The zero-order valence-corrected chi connectivity index (χ0v) is 13.6. The number of thiazole rings is 1. The smallest absolute Gasteiger partial charge is 0.416 e. The van der Waals surface area contributed by atoms with Crippen molar-refractivity contribution in [3.05, 3.63) is 39.8 Å². The number of carbonyl (C=O) groups excluding carboxylic acids is 1. The Morgan fingerprint density at radius 2 is 2.17 bits per heavy atom. The van der Waals surface area contributed by atoms with Gasteiger partial charge in [-0.3, -0.25) is 4.79 Å². The Balaban J connectivity index is 2.26. The lowest BCUT2D eigenvalue weighted by atomic mass is 10.1.